The topological polar surface area (TPSA) is 9.23 Å². The minimum Gasteiger partial charge on any atom is -0.489 e. The number of ether oxygens (including phenoxy) is 1. The van der Waals surface area contributed by atoms with Crippen molar-refractivity contribution in [3.05, 3.63) is 62.3 Å². The molecule has 0 unspecified atom stereocenters. The van der Waals surface area contributed by atoms with Gasteiger partial charge in [0, 0.05) is 14.5 Å². The SMILES string of the molecule is Cc1cc(OCc2cc(Br)ccc2F)ccc1Br. The van der Waals surface area contributed by atoms with Gasteiger partial charge in [0.05, 0.1) is 0 Å². The third-order valence-electron chi connectivity index (χ3n) is 2.53. The Bertz CT molecular complexity index is 570. The van der Waals surface area contributed by atoms with Gasteiger partial charge in [-0.05, 0) is 48.9 Å². The van der Waals surface area contributed by atoms with Gasteiger partial charge in [0.2, 0.25) is 0 Å². The summed E-state index contributed by atoms with van der Waals surface area (Å²) in [6.07, 6.45) is 0. The van der Waals surface area contributed by atoms with Crippen LogP contribution >= 0.6 is 31.9 Å². The molecule has 0 spiro atoms. The van der Waals surface area contributed by atoms with Crippen molar-refractivity contribution in [2.24, 2.45) is 0 Å². The van der Waals surface area contributed by atoms with Gasteiger partial charge >= 0.3 is 0 Å². The maximum atomic E-state index is 13.5. The molecule has 4 heteroatoms. The zero-order valence-electron chi connectivity index (χ0n) is 9.71. The van der Waals surface area contributed by atoms with Crippen molar-refractivity contribution in [3.63, 3.8) is 0 Å². The van der Waals surface area contributed by atoms with E-state index in [1.807, 2.05) is 25.1 Å². The lowest BCUT2D eigenvalue weighted by atomic mass is 10.2. The highest BCUT2D eigenvalue weighted by Gasteiger charge is 2.04. The Morgan fingerprint density at radius 2 is 1.89 bits per heavy atom. The van der Waals surface area contributed by atoms with Crippen LogP contribution in [0.2, 0.25) is 0 Å². The first-order valence-electron chi connectivity index (χ1n) is 5.39. The van der Waals surface area contributed by atoms with Crippen LogP contribution in [-0.4, -0.2) is 0 Å². The van der Waals surface area contributed by atoms with E-state index in [1.165, 1.54) is 6.07 Å². The minimum absolute atomic E-state index is 0.215. The van der Waals surface area contributed by atoms with Gasteiger partial charge in [-0.1, -0.05) is 31.9 Å². The number of aryl methyl sites for hydroxylation is 1. The quantitative estimate of drug-likeness (QED) is 0.714. The second-order valence-electron chi connectivity index (χ2n) is 3.94. The fourth-order valence-corrected chi connectivity index (χ4v) is 2.18. The lowest BCUT2D eigenvalue weighted by Crippen LogP contribution is -1.98. The summed E-state index contributed by atoms with van der Waals surface area (Å²) in [4.78, 5) is 0. The molecule has 2 aromatic carbocycles. The van der Waals surface area contributed by atoms with Crippen LogP contribution in [0.3, 0.4) is 0 Å². The average Bonchev–Trinajstić information content (AvgIpc) is 2.34. The lowest BCUT2D eigenvalue weighted by Gasteiger charge is -2.09. The van der Waals surface area contributed by atoms with Crippen LogP contribution in [0.4, 0.5) is 4.39 Å². The highest BCUT2D eigenvalue weighted by Crippen LogP contribution is 2.23. The van der Waals surface area contributed by atoms with Gasteiger partial charge < -0.3 is 4.74 Å². The van der Waals surface area contributed by atoms with Crippen LogP contribution < -0.4 is 4.74 Å². The smallest absolute Gasteiger partial charge is 0.129 e. The first-order valence-corrected chi connectivity index (χ1v) is 6.98. The fraction of sp³-hybridized carbons (Fsp3) is 0.143. The molecule has 0 saturated carbocycles. The highest BCUT2D eigenvalue weighted by molar-refractivity contribution is 9.10. The van der Waals surface area contributed by atoms with Gasteiger partial charge in [-0.2, -0.15) is 0 Å². The summed E-state index contributed by atoms with van der Waals surface area (Å²) in [6, 6.07) is 10.5. The molecule has 18 heavy (non-hydrogen) atoms. The maximum Gasteiger partial charge on any atom is 0.129 e. The summed E-state index contributed by atoms with van der Waals surface area (Å²) >= 11 is 6.74. The predicted molar refractivity (Wildman–Crippen MR) is 77.3 cm³/mol. The second-order valence-corrected chi connectivity index (χ2v) is 5.71. The van der Waals surface area contributed by atoms with Crippen LogP contribution in [-0.2, 0) is 6.61 Å². The monoisotopic (exact) mass is 372 g/mol. The Labute approximate surface area is 122 Å². The lowest BCUT2D eigenvalue weighted by molar-refractivity contribution is 0.299. The van der Waals surface area contributed by atoms with Crippen molar-refractivity contribution in [1.82, 2.24) is 0 Å². The predicted octanol–water partition coefficient (Wildman–Crippen LogP) is 5.24. The minimum atomic E-state index is -0.257. The molecule has 0 heterocycles. The molecule has 0 aliphatic rings. The number of hydrogen-bond acceptors (Lipinski definition) is 1. The van der Waals surface area contributed by atoms with E-state index >= 15 is 0 Å². The third kappa shape index (κ3) is 3.33. The van der Waals surface area contributed by atoms with Crippen LogP contribution in [0.1, 0.15) is 11.1 Å². The van der Waals surface area contributed by atoms with Gasteiger partial charge in [0.15, 0.2) is 0 Å². The summed E-state index contributed by atoms with van der Waals surface area (Å²) in [5, 5.41) is 0. The fourth-order valence-electron chi connectivity index (χ4n) is 1.52. The van der Waals surface area contributed by atoms with Gasteiger partial charge in [-0.3, -0.25) is 0 Å². The Hall–Kier alpha value is -0.870. The molecule has 0 amide bonds. The Morgan fingerprint density at radius 3 is 2.61 bits per heavy atom. The molecule has 0 N–H and O–H groups in total. The second kappa shape index (κ2) is 5.85. The first-order chi connectivity index (χ1) is 8.56. The molecular weight excluding hydrogens is 363 g/mol. The van der Waals surface area contributed by atoms with E-state index in [-0.39, 0.29) is 12.4 Å². The highest BCUT2D eigenvalue weighted by atomic mass is 79.9. The maximum absolute atomic E-state index is 13.5. The van der Waals surface area contributed by atoms with Gasteiger partial charge in [-0.15, -0.1) is 0 Å². The molecule has 2 aromatic rings. The van der Waals surface area contributed by atoms with Crippen LogP contribution in [0.25, 0.3) is 0 Å². The van der Waals surface area contributed by atoms with Crippen molar-refractivity contribution >= 4 is 31.9 Å². The number of halogens is 3. The summed E-state index contributed by atoms with van der Waals surface area (Å²) in [5.41, 5.74) is 1.62. The van der Waals surface area contributed by atoms with E-state index in [0.29, 0.717) is 5.56 Å². The molecular formula is C14H11Br2FO. The zero-order valence-corrected chi connectivity index (χ0v) is 12.9. The molecule has 0 aromatic heterocycles. The largest absolute Gasteiger partial charge is 0.489 e. The van der Waals surface area contributed by atoms with Gasteiger partial charge in [0.1, 0.15) is 18.2 Å². The van der Waals surface area contributed by atoms with Crippen molar-refractivity contribution in [2.45, 2.75) is 13.5 Å². The molecule has 94 valence electrons. The molecule has 0 aliphatic heterocycles. The van der Waals surface area contributed by atoms with E-state index in [2.05, 4.69) is 31.9 Å². The van der Waals surface area contributed by atoms with Crippen LogP contribution in [0, 0.1) is 12.7 Å². The van der Waals surface area contributed by atoms with E-state index in [4.69, 9.17) is 4.74 Å². The molecule has 0 saturated heterocycles. The number of benzene rings is 2. The summed E-state index contributed by atoms with van der Waals surface area (Å²) < 4.78 is 21.0. The molecule has 0 bridgehead atoms. The van der Waals surface area contributed by atoms with Crippen LogP contribution in [0.15, 0.2) is 45.3 Å². The Kier molecular flexibility index (Phi) is 4.40. The average molecular weight is 374 g/mol. The summed E-state index contributed by atoms with van der Waals surface area (Å²) in [7, 11) is 0. The van der Waals surface area contributed by atoms with Crippen LogP contribution in [0.5, 0.6) is 5.75 Å². The molecule has 0 radical (unpaired) electrons. The Morgan fingerprint density at radius 1 is 1.11 bits per heavy atom. The van der Waals surface area contributed by atoms with E-state index in [9.17, 15) is 4.39 Å². The van der Waals surface area contributed by atoms with Crippen molar-refractivity contribution in [2.75, 3.05) is 0 Å². The molecule has 1 nitrogen and oxygen atoms in total. The normalized spacial score (nSPS) is 10.4. The third-order valence-corrected chi connectivity index (χ3v) is 3.91. The van der Waals surface area contributed by atoms with Crippen molar-refractivity contribution in [1.29, 1.82) is 0 Å². The molecule has 0 fully saturated rings. The summed E-state index contributed by atoms with van der Waals surface area (Å²) in [6.45, 7) is 2.20. The van der Waals surface area contributed by atoms with Gasteiger partial charge in [-0.25, -0.2) is 4.39 Å². The van der Waals surface area contributed by atoms with E-state index < -0.39 is 0 Å². The Balaban J connectivity index is 2.11. The van der Waals surface area contributed by atoms with E-state index in [1.54, 1.807) is 12.1 Å². The van der Waals surface area contributed by atoms with Gasteiger partial charge in [0.25, 0.3) is 0 Å². The van der Waals surface area contributed by atoms with Crippen molar-refractivity contribution < 1.29 is 9.13 Å². The van der Waals surface area contributed by atoms with E-state index in [0.717, 1.165) is 20.3 Å². The molecule has 2 rings (SSSR count). The first kappa shape index (κ1) is 13.6. The molecule has 0 aliphatic carbocycles. The standard InChI is InChI=1S/C14H11Br2FO/c1-9-6-12(3-4-13(9)16)18-8-10-7-11(15)2-5-14(10)17/h2-7H,8H2,1H3. The number of hydrogen-bond donors (Lipinski definition) is 0. The summed E-state index contributed by atoms with van der Waals surface area (Å²) in [5.74, 6) is 0.474. The zero-order chi connectivity index (χ0) is 13.1. The van der Waals surface area contributed by atoms with Crippen molar-refractivity contribution in [3.8, 4) is 5.75 Å². The molecule has 0 atom stereocenters. The number of rotatable bonds is 3.